The Balaban J connectivity index is 2.35. The Morgan fingerprint density at radius 3 is 2.82 bits per heavy atom. The molecule has 2 unspecified atom stereocenters. The summed E-state index contributed by atoms with van der Waals surface area (Å²) in [5, 5.41) is 3.51. The summed E-state index contributed by atoms with van der Waals surface area (Å²) in [6, 6.07) is 6.62. The van der Waals surface area contributed by atoms with Crippen LogP contribution in [-0.4, -0.2) is 26.9 Å². The number of ether oxygens (including phenoxy) is 2. The van der Waals surface area contributed by atoms with Gasteiger partial charge in [-0.3, -0.25) is 0 Å². The largest absolute Gasteiger partial charge is 0.497 e. The van der Waals surface area contributed by atoms with E-state index >= 15 is 0 Å². The highest BCUT2D eigenvalue weighted by atomic mass is 16.5. The van der Waals surface area contributed by atoms with E-state index in [0.717, 1.165) is 25.1 Å². The van der Waals surface area contributed by atoms with Gasteiger partial charge < -0.3 is 14.8 Å². The van der Waals surface area contributed by atoms with Crippen molar-refractivity contribution in [2.75, 3.05) is 20.8 Å². The number of aryl methyl sites for hydroxylation is 1. The molecule has 0 aromatic heterocycles. The standard InChI is InChI=1S/C14H21NO2/c1-4-15-14-12-9-11(16-2)7-5-10(12)6-8-13(14)17-3/h5,7,9,13-15H,4,6,8H2,1-3H3. The van der Waals surface area contributed by atoms with E-state index in [9.17, 15) is 0 Å². The predicted molar refractivity (Wildman–Crippen MR) is 68.5 cm³/mol. The molecule has 0 bridgehead atoms. The lowest BCUT2D eigenvalue weighted by Gasteiger charge is -2.33. The Labute approximate surface area is 103 Å². The number of fused-ring (bicyclic) bond motifs is 1. The van der Waals surface area contributed by atoms with Crippen molar-refractivity contribution in [2.24, 2.45) is 0 Å². The Morgan fingerprint density at radius 1 is 1.35 bits per heavy atom. The second kappa shape index (κ2) is 5.52. The van der Waals surface area contributed by atoms with Crippen LogP contribution in [0.25, 0.3) is 0 Å². The van der Waals surface area contributed by atoms with Gasteiger partial charge in [-0.25, -0.2) is 0 Å². The first-order valence-corrected chi connectivity index (χ1v) is 6.23. The second-order valence-corrected chi connectivity index (χ2v) is 4.41. The molecule has 0 heterocycles. The molecule has 1 aromatic rings. The lowest BCUT2D eigenvalue weighted by molar-refractivity contribution is 0.0560. The van der Waals surface area contributed by atoms with Gasteiger partial charge in [0.2, 0.25) is 0 Å². The lowest BCUT2D eigenvalue weighted by atomic mass is 9.85. The Bertz CT molecular complexity index is 378. The van der Waals surface area contributed by atoms with Crippen LogP contribution in [0.4, 0.5) is 0 Å². The average molecular weight is 235 g/mol. The summed E-state index contributed by atoms with van der Waals surface area (Å²) in [6.07, 6.45) is 2.42. The lowest BCUT2D eigenvalue weighted by Crippen LogP contribution is -2.37. The number of rotatable bonds is 4. The number of hydrogen-bond donors (Lipinski definition) is 1. The zero-order chi connectivity index (χ0) is 12.3. The Kier molecular flexibility index (Phi) is 4.02. The van der Waals surface area contributed by atoms with E-state index in [2.05, 4.69) is 24.4 Å². The van der Waals surface area contributed by atoms with Gasteiger partial charge in [0.15, 0.2) is 0 Å². The first-order chi connectivity index (χ1) is 8.30. The fourth-order valence-corrected chi connectivity index (χ4v) is 2.60. The van der Waals surface area contributed by atoms with E-state index in [1.165, 1.54) is 11.1 Å². The monoisotopic (exact) mass is 235 g/mol. The fourth-order valence-electron chi connectivity index (χ4n) is 2.60. The van der Waals surface area contributed by atoms with Crippen molar-refractivity contribution in [3.05, 3.63) is 29.3 Å². The highest BCUT2D eigenvalue weighted by Gasteiger charge is 2.29. The summed E-state index contributed by atoms with van der Waals surface area (Å²) < 4.78 is 10.9. The first kappa shape index (κ1) is 12.4. The van der Waals surface area contributed by atoms with Crippen LogP contribution < -0.4 is 10.1 Å². The van der Waals surface area contributed by atoms with E-state index in [1.54, 1.807) is 14.2 Å². The van der Waals surface area contributed by atoms with E-state index in [0.29, 0.717) is 0 Å². The fraction of sp³-hybridized carbons (Fsp3) is 0.571. The van der Waals surface area contributed by atoms with Gasteiger partial charge in [0, 0.05) is 7.11 Å². The van der Waals surface area contributed by atoms with Crippen LogP contribution in [0.2, 0.25) is 0 Å². The minimum atomic E-state index is 0.259. The molecular weight excluding hydrogens is 214 g/mol. The Morgan fingerprint density at radius 2 is 2.18 bits per heavy atom. The topological polar surface area (TPSA) is 30.5 Å². The molecule has 2 atom stereocenters. The van der Waals surface area contributed by atoms with Crippen molar-refractivity contribution >= 4 is 0 Å². The molecule has 0 amide bonds. The number of hydrogen-bond acceptors (Lipinski definition) is 3. The van der Waals surface area contributed by atoms with Crippen molar-refractivity contribution in [1.82, 2.24) is 5.32 Å². The summed E-state index contributed by atoms with van der Waals surface area (Å²) in [5.74, 6) is 0.920. The zero-order valence-corrected chi connectivity index (χ0v) is 10.8. The van der Waals surface area contributed by atoms with Gasteiger partial charge in [-0.05, 0) is 42.6 Å². The van der Waals surface area contributed by atoms with Crippen molar-refractivity contribution < 1.29 is 9.47 Å². The van der Waals surface area contributed by atoms with E-state index < -0.39 is 0 Å². The van der Waals surface area contributed by atoms with Gasteiger partial charge >= 0.3 is 0 Å². The molecule has 0 spiro atoms. The Hall–Kier alpha value is -1.06. The van der Waals surface area contributed by atoms with Crippen LogP contribution >= 0.6 is 0 Å². The third-order valence-electron chi connectivity index (χ3n) is 3.48. The number of likely N-dealkylation sites (N-methyl/N-ethyl adjacent to an activating group) is 1. The van der Waals surface area contributed by atoms with Crippen LogP contribution in [0.1, 0.15) is 30.5 Å². The zero-order valence-electron chi connectivity index (χ0n) is 10.8. The molecular formula is C14H21NO2. The predicted octanol–water partition coefficient (Wildman–Crippen LogP) is 2.31. The molecule has 94 valence electrons. The highest BCUT2D eigenvalue weighted by molar-refractivity contribution is 5.40. The third-order valence-corrected chi connectivity index (χ3v) is 3.48. The summed E-state index contributed by atoms with van der Waals surface area (Å²) >= 11 is 0. The van der Waals surface area contributed by atoms with Crippen LogP contribution in [0, 0.1) is 0 Å². The van der Waals surface area contributed by atoms with E-state index in [4.69, 9.17) is 9.47 Å². The normalized spacial score (nSPS) is 23.2. The van der Waals surface area contributed by atoms with Gasteiger partial charge in [0.05, 0.1) is 19.3 Å². The van der Waals surface area contributed by atoms with Crippen LogP contribution in [-0.2, 0) is 11.2 Å². The molecule has 0 fully saturated rings. The summed E-state index contributed by atoms with van der Waals surface area (Å²) in [7, 11) is 3.50. The van der Waals surface area contributed by atoms with Gasteiger partial charge in [0.25, 0.3) is 0 Å². The molecule has 2 rings (SSSR count). The van der Waals surface area contributed by atoms with Gasteiger partial charge in [0.1, 0.15) is 5.75 Å². The molecule has 3 nitrogen and oxygen atoms in total. The molecule has 1 aliphatic rings. The molecule has 0 aliphatic heterocycles. The SMILES string of the molecule is CCNC1c2cc(OC)ccc2CCC1OC. The van der Waals surface area contributed by atoms with Crippen molar-refractivity contribution in [1.29, 1.82) is 0 Å². The maximum atomic E-state index is 5.58. The van der Waals surface area contributed by atoms with Crippen LogP contribution in [0.3, 0.4) is 0 Å². The highest BCUT2D eigenvalue weighted by Crippen LogP contribution is 2.33. The first-order valence-electron chi connectivity index (χ1n) is 6.23. The minimum Gasteiger partial charge on any atom is -0.497 e. The van der Waals surface area contributed by atoms with Gasteiger partial charge in [-0.2, -0.15) is 0 Å². The van der Waals surface area contributed by atoms with Crippen LogP contribution in [0.15, 0.2) is 18.2 Å². The molecule has 17 heavy (non-hydrogen) atoms. The van der Waals surface area contributed by atoms with Crippen LogP contribution in [0.5, 0.6) is 5.75 Å². The average Bonchev–Trinajstić information content (AvgIpc) is 2.39. The maximum absolute atomic E-state index is 5.58. The van der Waals surface area contributed by atoms with E-state index in [-0.39, 0.29) is 12.1 Å². The second-order valence-electron chi connectivity index (χ2n) is 4.41. The summed E-state index contributed by atoms with van der Waals surface area (Å²) in [4.78, 5) is 0. The molecule has 1 aromatic carbocycles. The number of nitrogens with one attached hydrogen (secondary N) is 1. The smallest absolute Gasteiger partial charge is 0.119 e. The molecule has 0 saturated carbocycles. The van der Waals surface area contributed by atoms with Gasteiger partial charge in [-0.15, -0.1) is 0 Å². The summed E-state index contributed by atoms with van der Waals surface area (Å²) in [6.45, 7) is 3.07. The molecule has 0 radical (unpaired) electrons. The van der Waals surface area contributed by atoms with Crippen molar-refractivity contribution in [2.45, 2.75) is 31.9 Å². The third kappa shape index (κ3) is 2.45. The maximum Gasteiger partial charge on any atom is 0.119 e. The quantitative estimate of drug-likeness (QED) is 0.868. The van der Waals surface area contributed by atoms with E-state index in [1.807, 2.05) is 6.07 Å². The van der Waals surface area contributed by atoms with Crippen molar-refractivity contribution in [3.63, 3.8) is 0 Å². The molecule has 1 aliphatic carbocycles. The molecule has 1 N–H and O–H groups in total. The number of benzene rings is 1. The molecule has 3 heteroatoms. The van der Waals surface area contributed by atoms with Gasteiger partial charge in [-0.1, -0.05) is 13.0 Å². The minimum absolute atomic E-state index is 0.259. The summed E-state index contributed by atoms with van der Waals surface area (Å²) in [5.41, 5.74) is 2.73. The van der Waals surface area contributed by atoms with Crippen molar-refractivity contribution in [3.8, 4) is 5.75 Å². The number of methoxy groups -OCH3 is 2. The molecule has 0 saturated heterocycles.